The van der Waals surface area contributed by atoms with Crippen molar-refractivity contribution in [3.8, 4) is 0 Å². The molecule has 0 aromatic heterocycles. The molecule has 1 N–H and O–H groups in total. The molecule has 0 saturated carbocycles. The number of nitrogens with zero attached hydrogens (tertiary/aromatic N) is 1. The molecule has 4 heteroatoms. The molecule has 1 spiro atoms. The van der Waals surface area contributed by atoms with Crippen molar-refractivity contribution in [2.75, 3.05) is 31.1 Å². The Kier molecular flexibility index (Phi) is 3.27. The highest BCUT2D eigenvalue weighted by molar-refractivity contribution is 6.33. The smallest absolute Gasteiger partial charge is 0.159 e. The number of anilines is 1. The summed E-state index contributed by atoms with van der Waals surface area (Å²) in [5.74, 6) is 0.0920. The minimum Gasteiger partial charge on any atom is -0.370 e. The van der Waals surface area contributed by atoms with Crippen LogP contribution in [0.3, 0.4) is 0 Å². The molecular weight excluding hydrogens is 260 g/mol. The predicted molar refractivity (Wildman–Crippen MR) is 78.2 cm³/mol. The maximum absolute atomic E-state index is 11.5. The average Bonchev–Trinajstić information content (AvgIpc) is 3.01. The zero-order valence-corrected chi connectivity index (χ0v) is 12.0. The van der Waals surface area contributed by atoms with Gasteiger partial charge < -0.3 is 10.2 Å². The van der Waals surface area contributed by atoms with E-state index in [4.69, 9.17) is 11.6 Å². The van der Waals surface area contributed by atoms with Gasteiger partial charge in [-0.2, -0.15) is 0 Å². The van der Waals surface area contributed by atoms with E-state index in [1.54, 1.807) is 13.0 Å². The van der Waals surface area contributed by atoms with Gasteiger partial charge in [-0.05, 0) is 44.5 Å². The van der Waals surface area contributed by atoms with Crippen molar-refractivity contribution in [2.24, 2.45) is 5.41 Å². The zero-order chi connectivity index (χ0) is 13.5. The van der Waals surface area contributed by atoms with Gasteiger partial charge in [-0.3, -0.25) is 4.79 Å². The highest BCUT2D eigenvalue weighted by Crippen LogP contribution is 2.40. The second-order valence-electron chi connectivity index (χ2n) is 5.82. The lowest BCUT2D eigenvalue weighted by Gasteiger charge is -2.25. The van der Waals surface area contributed by atoms with Crippen molar-refractivity contribution in [3.05, 3.63) is 28.8 Å². The Balaban J connectivity index is 1.86. The Morgan fingerprint density at radius 3 is 2.95 bits per heavy atom. The molecule has 0 aliphatic carbocycles. The van der Waals surface area contributed by atoms with Gasteiger partial charge in [0.1, 0.15) is 0 Å². The van der Waals surface area contributed by atoms with Crippen molar-refractivity contribution >= 4 is 23.1 Å². The summed E-state index contributed by atoms with van der Waals surface area (Å²) < 4.78 is 0. The van der Waals surface area contributed by atoms with Crippen LogP contribution < -0.4 is 10.2 Å². The van der Waals surface area contributed by atoms with E-state index in [2.05, 4.69) is 10.2 Å². The number of carbonyl (C=O) groups is 1. The zero-order valence-electron chi connectivity index (χ0n) is 11.2. The fourth-order valence-electron chi connectivity index (χ4n) is 3.26. The van der Waals surface area contributed by atoms with Gasteiger partial charge in [-0.15, -0.1) is 0 Å². The van der Waals surface area contributed by atoms with E-state index >= 15 is 0 Å². The van der Waals surface area contributed by atoms with Crippen LogP contribution in [0, 0.1) is 5.41 Å². The fourth-order valence-corrected chi connectivity index (χ4v) is 3.50. The van der Waals surface area contributed by atoms with Crippen LogP contribution in [0.4, 0.5) is 5.69 Å². The number of carbonyl (C=O) groups excluding carboxylic acids is 1. The molecular formula is C15H19ClN2O. The SMILES string of the molecule is CC(=O)c1ccc(Cl)c(N2CCC3(CCNC3)C2)c1. The predicted octanol–water partition coefficient (Wildman–Crippen LogP) is 2.73. The summed E-state index contributed by atoms with van der Waals surface area (Å²) in [6.07, 6.45) is 2.45. The van der Waals surface area contributed by atoms with E-state index < -0.39 is 0 Å². The number of ketones is 1. The topological polar surface area (TPSA) is 32.3 Å². The molecule has 1 atom stereocenters. The van der Waals surface area contributed by atoms with E-state index in [1.165, 1.54) is 12.8 Å². The molecule has 2 saturated heterocycles. The van der Waals surface area contributed by atoms with E-state index in [0.717, 1.165) is 42.5 Å². The van der Waals surface area contributed by atoms with Crippen molar-refractivity contribution in [1.29, 1.82) is 0 Å². The largest absolute Gasteiger partial charge is 0.370 e. The van der Waals surface area contributed by atoms with Gasteiger partial charge in [0.05, 0.1) is 10.7 Å². The summed E-state index contributed by atoms with van der Waals surface area (Å²) in [6.45, 7) is 5.89. The highest BCUT2D eigenvalue weighted by atomic mass is 35.5. The van der Waals surface area contributed by atoms with Crippen LogP contribution in [0.25, 0.3) is 0 Å². The third kappa shape index (κ3) is 2.37. The summed E-state index contributed by atoms with van der Waals surface area (Å²) >= 11 is 6.31. The van der Waals surface area contributed by atoms with Crippen LogP contribution in [-0.4, -0.2) is 32.0 Å². The average molecular weight is 279 g/mol. The monoisotopic (exact) mass is 278 g/mol. The molecule has 1 aromatic carbocycles. The van der Waals surface area contributed by atoms with Crippen LogP contribution in [0.15, 0.2) is 18.2 Å². The number of hydrogen-bond acceptors (Lipinski definition) is 3. The van der Waals surface area contributed by atoms with Crippen LogP contribution >= 0.6 is 11.6 Å². The lowest BCUT2D eigenvalue weighted by molar-refractivity contribution is 0.101. The molecule has 0 radical (unpaired) electrons. The quantitative estimate of drug-likeness (QED) is 0.845. The van der Waals surface area contributed by atoms with Crippen LogP contribution in [0.5, 0.6) is 0 Å². The Morgan fingerprint density at radius 2 is 2.26 bits per heavy atom. The first-order valence-electron chi connectivity index (χ1n) is 6.86. The molecule has 2 aliphatic heterocycles. The lowest BCUT2D eigenvalue weighted by Crippen LogP contribution is -2.29. The summed E-state index contributed by atoms with van der Waals surface area (Å²) in [5.41, 5.74) is 2.17. The normalized spacial score (nSPS) is 26.3. The third-order valence-electron chi connectivity index (χ3n) is 4.46. The number of benzene rings is 1. The molecule has 3 rings (SSSR count). The van der Waals surface area contributed by atoms with Crippen molar-refractivity contribution in [3.63, 3.8) is 0 Å². The standard InChI is InChI=1S/C15H19ClN2O/c1-11(19)12-2-3-13(16)14(8-12)18-7-5-15(10-18)4-6-17-9-15/h2-3,8,17H,4-7,9-10H2,1H3. The Morgan fingerprint density at radius 1 is 1.42 bits per heavy atom. The Bertz CT molecular complexity index is 509. The molecule has 3 nitrogen and oxygen atoms in total. The van der Waals surface area contributed by atoms with Crippen molar-refractivity contribution in [2.45, 2.75) is 19.8 Å². The molecule has 2 fully saturated rings. The molecule has 102 valence electrons. The molecule has 1 aromatic rings. The Hall–Kier alpha value is -1.06. The highest BCUT2D eigenvalue weighted by Gasteiger charge is 2.40. The van der Waals surface area contributed by atoms with Crippen LogP contribution in [-0.2, 0) is 0 Å². The van der Waals surface area contributed by atoms with Gasteiger partial charge in [-0.1, -0.05) is 11.6 Å². The molecule has 19 heavy (non-hydrogen) atoms. The summed E-state index contributed by atoms with van der Waals surface area (Å²) in [4.78, 5) is 13.8. The number of hydrogen-bond donors (Lipinski definition) is 1. The molecule has 2 aliphatic rings. The minimum absolute atomic E-state index is 0.0920. The molecule has 2 heterocycles. The first-order valence-corrected chi connectivity index (χ1v) is 7.24. The van der Waals surface area contributed by atoms with E-state index in [9.17, 15) is 4.79 Å². The summed E-state index contributed by atoms with van der Waals surface area (Å²) in [6, 6.07) is 5.58. The molecule has 1 unspecified atom stereocenters. The van der Waals surface area contributed by atoms with Gasteiger partial charge in [0.2, 0.25) is 0 Å². The van der Waals surface area contributed by atoms with Gasteiger partial charge >= 0.3 is 0 Å². The van der Waals surface area contributed by atoms with Gasteiger partial charge in [0.25, 0.3) is 0 Å². The lowest BCUT2D eigenvalue weighted by atomic mass is 9.86. The number of nitrogens with one attached hydrogen (secondary N) is 1. The number of rotatable bonds is 2. The number of Topliss-reactive ketones (excluding diaryl/α,β-unsaturated/α-hetero) is 1. The maximum atomic E-state index is 11.5. The van der Waals surface area contributed by atoms with E-state index in [1.807, 2.05) is 12.1 Å². The van der Waals surface area contributed by atoms with Gasteiger partial charge in [-0.25, -0.2) is 0 Å². The van der Waals surface area contributed by atoms with E-state index in [-0.39, 0.29) is 5.78 Å². The van der Waals surface area contributed by atoms with Crippen LogP contribution in [0.2, 0.25) is 5.02 Å². The summed E-state index contributed by atoms with van der Waals surface area (Å²) in [7, 11) is 0. The van der Waals surface area contributed by atoms with E-state index in [0.29, 0.717) is 5.41 Å². The maximum Gasteiger partial charge on any atom is 0.159 e. The second kappa shape index (κ2) is 4.80. The minimum atomic E-state index is 0.0920. The van der Waals surface area contributed by atoms with Crippen LogP contribution in [0.1, 0.15) is 30.1 Å². The van der Waals surface area contributed by atoms with Gasteiger partial charge in [0.15, 0.2) is 5.78 Å². The Labute approximate surface area is 118 Å². The summed E-state index contributed by atoms with van der Waals surface area (Å²) in [5, 5.41) is 4.20. The third-order valence-corrected chi connectivity index (χ3v) is 4.78. The number of halogens is 1. The molecule has 0 amide bonds. The first-order chi connectivity index (χ1) is 9.10. The second-order valence-corrected chi connectivity index (χ2v) is 6.23. The van der Waals surface area contributed by atoms with Gasteiger partial charge in [0, 0.05) is 30.6 Å². The molecule has 0 bridgehead atoms. The van der Waals surface area contributed by atoms with Crippen molar-refractivity contribution < 1.29 is 4.79 Å². The fraction of sp³-hybridized carbons (Fsp3) is 0.533. The van der Waals surface area contributed by atoms with Crippen molar-refractivity contribution in [1.82, 2.24) is 5.32 Å². The first kappa shape index (κ1) is 12.9.